The smallest absolute Gasteiger partial charge is 0.264 e. The van der Waals surface area contributed by atoms with Gasteiger partial charge in [0.05, 0.1) is 10.6 Å². The fourth-order valence-electron chi connectivity index (χ4n) is 4.05. The monoisotopic (exact) mass is 623 g/mol. The van der Waals surface area contributed by atoms with Gasteiger partial charge in [-0.25, -0.2) is 8.42 Å². The number of carbonyl (C=O) groups excluding carboxylic acids is 2. The van der Waals surface area contributed by atoms with Crippen LogP contribution in [0.4, 0.5) is 5.69 Å². The molecule has 2 amide bonds. The topological polar surface area (TPSA) is 86.8 Å². The summed E-state index contributed by atoms with van der Waals surface area (Å²) in [7, 11) is -4.19. The Kier molecular flexibility index (Phi) is 11.3. The van der Waals surface area contributed by atoms with Crippen LogP contribution in [-0.4, -0.2) is 44.3 Å². The van der Waals surface area contributed by atoms with Crippen LogP contribution in [0.5, 0.6) is 0 Å². The van der Waals surface area contributed by atoms with Crippen LogP contribution in [0.15, 0.2) is 77.7 Å². The van der Waals surface area contributed by atoms with Crippen molar-refractivity contribution in [2.75, 3.05) is 17.4 Å². The molecule has 0 spiro atoms. The number of para-hydroxylation sites is 1. The first kappa shape index (κ1) is 31.7. The second-order valence-electron chi connectivity index (χ2n) is 9.59. The van der Waals surface area contributed by atoms with Gasteiger partial charge in [0.1, 0.15) is 12.6 Å². The molecule has 0 aliphatic heterocycles. The van der Waals surface area contributed by atoms with E-state index in [1.165, 1.54) is 29.2 Å². The highest BCUT2D eigenvalue weighted by molar-refractivity contribution is 7.92. The fourth-order valence-corrected chi connectivity index (χ4v) is 6.11. The number of nitrogens with zero attached hydrogens (tertiary/aromatic N) is 2. The molecule has 1 unspecified atom stereocenters. The molecular weight excluding hydrogens is 593 g/mol. The van der Waals surface area contributed by atoms with E-state index < -0.39 is 28.5 Å². The van der Waals surface area contributed by atoms with Gasteiger partial charge in [-0.05, 0) is 60.9 Å². The predicted octanol–water partition coefficient (Wildman–Crippen LogP) is 6.42. The van der Waals surface area contributed by atoms with E-state index in [0.29, 0.717) is 32.9 Å². The largest absolute Gasteiger partial charge is 0.354 e. The first-order chi connectivity index (χ1) is 18.9. The number of hydrogen-bond donors (Lipinski definition) is 1. The van der Waals surface area contributed by atoms with E-state index >= 15 is 0 Å². The SMILES string of the molecule is CCC(C(=O)NCC(C)C)N(Cc1c(Cl)cccc1Cl)C(=O)CN(c1ccccc1)S(=O)(=O)c1ccc(Cl)cc1. The van der Waals surface area contributed by atoms with Gasteiger partial charge in [-0.1, -0.05) is 79.8 Å². The van der Waals surface area contributed by atoms with E-state index in [4.69, 9.17) is 34.8 Å². The van der Waals surface area contributed by atoms with Crippen molar-refractivity contribution in [2.45, 2.75) is 44.7 Å². The first-order valence-corrected chi connectivity index (χ1v) is 15.4. The standard InChI is InChI=1S/C29H32Cl3N3O4S/c1-4-27(29(37)33-17-20(2)3)34(18-24-25(31)11-8-12-26(24)32)28(36)19-35(22-9-6-5-7-10-22)40(38,39)23-15-13-21(30)14-16-23/h5-16,20,27H,4,17-19H2,1-3H3,(H,33,37). The Balaban J connectivity index is 2.06. The zero-order valence-electron chi connectivity index (χ0n) is 22.5. The maximum atomic E-state index is 14.1. The minimum Gasteiger partial charge on any atom is -0.354 e. The first-order valence-electron chi connectivity index (χ1n) is 12.8. The van der Waals surface area contributed by atoms with Crippen molar-refractivity contribution in [3.8, 4) is 0 Å². The van der Waals surface area contributed by atoms with Crippen molar-refractivity contribution in [1.29, 1.82) is 0 Å². The van der Waals surface area contributed by atoms with Gasteiger partial charge in [-0.2, -0.15) is 0 Å². The van der Waals surface area contributed by atoms with Crippen LogP contribution < -0.4 is 9.62 Å². The second-order valence-corrected chi connectivity index (χ2v) is 12.7. The summed E-state index contributed by atoms with van der Waals surface area (Å²) in [4.78, 5) is 28.6. The van der Waals surface area contributed by atoms with Crippen molar-refractivity contribution in [3.63, 3.8) is 0 Å². The lowest BCUT2D eigenvalue weighted by Gasteiger charge is -2.33. The minimum absolute atomic E-state index is 0.0315. The van der Waals surface area contributed by atoms with Crippen LogP contribution in [0.1, 0.15) is 32.8 Å². The molecule has 1 atom stereocenters. The number of hydrogen-bond acceptors (Lipinski definition) is 4. The Morgan fingerprint density at radius 2 is 1.48 bits per heavy atom. The van der Waals surface area contributed by atoms with Crippen LogP contribution >= 0.6 is 34.8 Å². The highest BCUT2D eigenvalue weighted by atomic mass is 35.5. The Morgan fingerprint density at radius 3 is 2.02 bits per heavy atom. The van der Waals surface area contributed by atoms with E-state index in [9.17, 15) is 18.0 Å². The molecule has 214 valence electrons. The number of amides is 2. The summed E-state index contributed by atoms with van der Waals surface area (Å²) in [5.41, 5.74) is 0.750. The number of benzene rings is 3. The maximum Gasteiger partial charge on any atom is 0.264 e. The van der Waals surface area contributed by atoms with E-state index in [2.05, 4.69) is 5.32 Å². The van der Waals surface area contributed by atoms with Gasteiger partial charge in [0.2, 0.25) is 11.8 Å². The lowest BCUT2D eigenvalue weighted by atomic mass is 10.1. The number of nitrogens with one attached hydrogen (secondary N) is 1. The van der Waals surface area contributed by atoms with Gasteiger partial charge in [-0.3, -0.25) is 13.9 Å². The molecule has 0 bridgehead atoms. The van der Waals surface area contributed by atoms with E-state index in [0.717, 1.165) is 4.31 Å². The van der Waals surface area contributed by atoms with Gasteiger partial charge in [0.25, 0.3) is 10.0 Å². The van der Waals surface area contributed by atoms with Gasteiger partial charge >= 0.3 is 0 Å². The third-order valence-corrected chi connectivity index (χ3v) is 8.93. The van der Waals surface area contributed by atoms with Crippen molar-refractivity contribution in [2.24, 2.45) is 5.92 Å². The van der Waals surface area contributed by atoms with Crippen LogP contribution in [0, 0.1) is 5.92 Å². The van der Waals surface area contributed by atoms with Crippen molar-refractivity contribution >= 4 is 62.3 Å². The summed E-state index contributed by atoms with van der Waals surface area (Å²) in [5, 5.41) is 3.92. The molecule has 3 aromatic carbocycles. The lowest BCUT2D eigenvalue weighted by Crippen LogP contribution is -2.52. The van der Waals surface area contributed by atoms with Gasteiger partial charge in [0.15, 0.2) is 0 Å². The molecule has 11 heteroatoms. The van der Waals surface area contributed by atoms with Crippen LogP contribution in [0.2, 0.25) is 15.1 Å². The summed E-state index contributed by atoms with van der Waals surface area (Å²) < 4.78 is 28.6. The average Bonchev–Trinajstić information content (AvgIpc) is 2.92. The Hall–Kier alpha value is -2.78. The van der Waals surface area contributed by atoms with Crippen LogP contribution in [-0.2, 0) is 26.2 Å². The van der Waals surface area contributed by atoms with Crippen molar-refractivity contribution in [3.05, 3.63) is 93.4 Å². The fraction of sp³-hybridized carbons (Fsp3) is 0.310. The molecule has 40 heavy (non-hydrogen) atoms. The molecule has 0 aliphatic carbocycles. The summed E-state index contributed by atoms with van der Waals surface area (Å²) in [6.45, 7) is 5.48. The predicted molar refractivity (Wildman–Crippen MR) is 161 cm³/mol. The number of halogens is 3. The second kappa shape index (κ2) is 14.2. The van der Waals surface area contributed by atoms with Crippen molar-refractivity contribution < 1.29 is 18.0 Å². The zero-order valence-corrected chi connectivity index (χ0v) is 25.6. The van der Waals surface area contributed by atoms with Crippen LogP contribution in [0.25, 0.3) is 0 Å². The molecule has 0 saturated heterocycles. The van der Waals surface area contributed by atoms with E-state index in [1.54, 1.807) is 55.5 Å². The molecule has 0 aliphatic rings. The molecule has 7 nitrogen and oxygen atoms in total. The third-order valence-electron chi connectivity index (χ3n) is 6.19. The van der Waals surface area contributed by atoms with Gasteiger partial charge in [-0.15, -0.1) is 0 Å². The maximum absolute atomic E-state index is 14.1. The Morgan fingerprint density at radius 1 is 0.875 bits per heavy atom. The van der Waals surface area contributed by atoms with E-state index in [-0.39, 0.29) is 29.7 Å². The minimum atomic E-state index is -4.19. The molecule has 0 saturated carbocycles. The summed E-state index contributed by atoms with van der Waals surface area (Å²) in [6, 6.07) is 18.1. The Labute approximate surface area is 251 Å². The third kappa shape index (κ3) is 7.91. The Bertz CT molecular complexity index is 1400. The molecule has 1 N–H and O–H groups in total. The molecule has 0 fully saturated rings. The summed E-state index contributed by atoms with van der Waals surface area (Å²) in [6.07, 6.45) is 0.285. The normalized spacial score (nSPS) is 12.2. The molecule has 3 aromatic rings. The van der Waals surface area contributed by atoms with Crippen LogP contribution in [0.3, 0.4) is 0 Å². The molecular formula is C29H32Cl3N3O4S. The molecule has 0 radical (unpaired) electrons. The molecule has 3 rings (SSSR count). The molecule has 0 aromatic heterocycles. The van der Waals surface area contributed by atoms with E-state index in [1.807, 2.05) is 13.8 Å². The number of sulfonamides is 1. The van der Waals surface area contributed by atoms with Crippen molar-refractivity contribution in [1.82, 2.24) is 10.2 Å². The van der Waals surface area contributed by atoms with Gasteiger partial charge < -0.3 is 10.2 Å². The summed E-state index contributed by atoms with van der Waals surface area (Å²) in [5.74, 6) is -0.745. The number of rotatable bonds is 12. The highest BCUT2D eigenvalue weighted by Gasteiger charge is 2.34. The lowest BCUT2D eigenvalue weighted by molar-refractivity contribution is -0.140. The average molecular weight is 625 g/mol. The van der Waals surface area contributed by atoms with Gasteiger partial charge in [0, 0.05) is 33.7 Å². The number of anilines is 1. The quantitative estimate of drug-likeness (QED) is 0.252. The zero-order chi connectivity index (χ0) is 29.4. The highest BCUT2D eigenvalue weighted by Crippen LogP contribution is 2.29. The number of carbonyl (C=O) groups is 2. The molecule has 0 heterocycles. The summed E-state index contributed by atoms with van der Waals surface area (Å²) >= 11 is 18.9.